The number of halogens is 2. The Balaban J connectivity index is -0.000000490. The number of allylic oxidation sites excluding steroid dienone is 4. The summed E-state index contributed by atoms with van der Waals surface area (Å²) < 4.78 is 0. The molecule has 0 spiro atoms. The van der Waals surface area contributed by atoms with Gasteiger partial charge in [0.25, 0.3) is 0 Å². The van der Waals surface area contributed by atoms with Gasteiger partial charge in [-0.1, -0.05) is 75.1 Å². The maximum atomic E-state index is 3.36. The van der Waals surface area contributed by atoms with E-state index < -0.39 is 0 Å². The van der Waals surface area contributed by atoms with E-state index in [0.717, 1.165) is 0 Å². The van der Waals surface area contributed by atoms with Gasteiger partial charge in [0.2, 0.25) is 0 Å². The predicted molar refractivity (Wildman–Crippen MR) is 147 cm³/mol. The van der Waals surface area contributed by atoms with Gasteiger partial charge in [0.15, 0.2) is 0 Å². The summed E-state index contributed by atoms with van der Waals surface area (Å²) in [6.07, 6.45) is 3.36. The van der Waals surface area contributed by atoms with Crippen molar-refractivity contribution in [3.8, 4) is 11.1 Å². The predicted octanol–water partition coefficient (Wildman–Crippen LogP) is 8.93. The van der Waals surface area contributed by atoms with Crippen LogP contribution in [0.15, 0.2) is 71.3 Å². The minimum absolute atomic E-state index is 0. The molecular formula is C28H36Cl2SiZr-4. The number of fused-ring (bicyclic) bond motifs is 1. The van der Waals surface area contributed by atoms with Gasteiger partial charge in [0.05, 0.1) is 0 Å². The molecule has 0 amide bonds. The first-order valence-corrected chi connectivity index (χ1v) is 13.8. The van der Waals surface area contributed by atoms with E-state index in [9.17, 15) is 0 Å². The van der Waals surface area contributed by atoms with Gasteiger partial charge in [0.1, 0.15) is 0 Å². The molecule has 1 aliphatic rings. The van der Waals surface area contributed by atoms with E-state index >= 15 is 0 Å². The number of hydrogen-bond donors (Lipinski definition) is 0. The molecule has 0 bridgehead atoms. The monoisotopic (exact) mass is 560 g/mol. The van der Waals surface area contributed by atoms with E-state index in [1.807, 2.05) is 0 Å². The zero-order valence-electron chi connectivity index (χ0n) is 20.6. The molecule has 0 aromatic heterocycles. The van der Waals surface area contributed by atoms with Crippen molar-refractivity contribution in [2.24, 2.45) is 5.92 Å². The van der Waals surface area contributed by atoms with E-state index in [2.05, 4.69) is 109 Å². The molecule has 4 rings (SSSR count). The standard InChI is InChI=1S/C17H15.C9H13.2CH3.2ClH.Si.Zr/c1-12-10-15-9-8-13(2)17(16(15)11-12)14-6-4-3-5-7-14;1-6-5-7(2)9(4)8(6)3;;;;;;/h3-11H,1-2H3;6H,1-4H3;2*1H3;2*1H;;/q4*-1;;;;. The van der Waals surface area contributed by atoms with Gasteiger partial charge in [-0.25, -0.2) is 5.57 Å². The van der Waals surface area contributed by atoms with Gasteiger partial charge in [-0.2, -0.15) is 17.2 Å². The van der Waals surface area contributed by atoms with Crippen molar-refractivity contribution in [2.45, 2.75) is 41.5 Å². The molecule has 1 unspecified atom stereocenters. The summed E-state index contributed by atoms with van der Waals surface area (Å²) in [5, 5.41) is 2.71. The van der Waals surface area contributed by atoms with Crippen LogP contribution >= 0.6 is 24.8 Å². The van der Waals surface area contributed by atoms with Gasteiger partial charge < -0.3 is 14.9 Å². The summed E-state index contributed by atoms with van der Waals surface area (Å²) in [5.74, 6) is 0.560. The van der Waals surface area contributed by atoms with E-state index in [1.54, 1.807) is 0 Å². The van der Waals surface area contributed by atoms with Gasteiger partial charge >= 0.3 is 30.2 Å². The third-order valence-electron chi connectivity index (χ3n) is 5.54. The average molecular weight is 563 g/mol. The van der Waals surface area contributed by atoms with Crippen LogP contribution < -0.4 is 0 Å². The van der Waals surface area contributed by atoms with Crippen LogP contribution in [0.25, 0.3) is 21.9 Å². The van der Waals surface area contributed by atoms with E-state index in [1.165, 1.54) is 73.1 Å². The molecule has 0 N–H and O–H groups in total. The van der Waals surface area contributed by atoms with E-state index in [0.29, 0.717) is 5.92 Å². The van der Waals surface area contributed by atoms with Gasteiger partial charge in [-0.15, -0.1) is 66.3 Å². The van der Waals surface area contributed by atoms with E-state index in [4.69, 9.17) is 0 Å². The molecule has 0 fully saturated rings. The van der Waals surface area contributed by atoms with Crippen molar-refractivity contribution < 1.29 is 23.3 Å². The summed E-state index contributed by atoms with van der Waals surface area (Å²) in [6.45, 7) is 16.1. The molecular weight excluding hydrogens is 527 g/mol. The average Bonchev–Trinajstić information content (AvgIpc) is 3.18. The number of aryl methyl sites for hydroxylation is 2. The Bertz CT molecular complexity index is 1020. The van der Waals surface area contributed by atoms with Crippen LogP contribution in [0, 0.1) is 40.7 Å². The molecule has 32 heavy (non-hydrogen) atoms. The second-order valence-electron chi connectivity index (χ2n) is 7.46. The second-order valence-corrected chi connectivity index (χ2v) is 7.46. The SMILES string of the molecule is CC1=[C-]C(C)C(C)=C1C.Cc1cc2c(-c3ccccc3)c(C)ccc2[cH-]1.Cl.Cl.[CH3-].[CH3-].[Si]=[Zr]. The molecule has 0 heterocycles. The Morgan fingerprint density at radius 3 is 1.88 bits per heavy atom. The van der Waals surface area contributed by atoms with Crippen molar-refractivity contribution in [3.63, 3.8) is 0 Å². The van der Waals surface area contributed by atoms with Crippen LogP contribution in [0.3, 0.4) is 0 Å². The number of benzene rings is 2. The van der Waals surface area contributed by atoms with Crippen LogP contribution in [0.4, 0.5) is 0 Å². The molecule has 0 saturated heterocycles. The summed E-state index contributed by atoms with van der Waals surface area (Å²) >= 11 is 1.36. The topological polar surface area (TPSA) is 0 Å². The summed E-state index contributed by atoms with van der Waals surface area (Å²) in [7, 11) is 0. The van der Waals surface area contributed by atoms with Gasteiger partial charge in [-0.05, 0) is 12.5 Å². The second kappa shape index (κ2) is 16.8. The Morgan fingerprint density at radius 1 is 0.875 bits per heavy atom. The quantitative estimate of drug-likeness (QED) is 0.205. The Morgan fingerprint density at radius 2 is 1.44 bits per heavy atom. The fraction of sp³-hybridized carbons (Fsp3) is 0.250. The zero-order chi connectivity index (χ0) is 20.8. The summed E-state index contributed by atoms with van der Waals surface area (Å²) in [5.41, 5.74) is 9.60. The van der Waals surface area contributed by atoms with Crippen LogP contribution in [-0.4, -0.2) is 6.88 Å². The maximum absolute atomic E-state index is 3.36. The molecule has 0 saturated carbocycles. The first-order valence-electron chi connectivity index (χ1n) is 9.63. The van der Waals surface area contributed by atoms with Crippen LogP contribution in [0.2, 0.25) is 0 Å². The molecule has 1 atom stereocenters. The fourth-order valence-electron chi connectivity index (χ4n) is 3.69. The molecule has 1 aliphatic carbocycles. The molecule has 2 radical (unpaired) electrons. The Kier molecular flexibility index (Phi) is 18.8. The first-order chi connectivity index (χ1) is 13.4. The fourth-order valence-corrected chi connectivity index (χ4v) is 3.69. The van der Waals surface area contributed by atoms with Crippen LogP contribution in [0.5, 0.6) is 0 Å². The molecule has 0 aliphatic heterocycles. The van der Waals surface area contributed by atoms with Crippen molar-refractivity contribution in [2.75, 3.05) is 0 Å². The summed E-state index contributed by atoms with van der Waals surface area (Å²) in [6, 6.07) is 19.6. The zero-order valence-corrected chi connectivity index (χ0v) is 25.7. The van der Waals surface area contributed by atoms with Gasteiger partial charge in [-0.3, -0.25) is 6.08 Å². The molecule has 0 nitrogen and oxygen atoms in total. The Hall–Kier alpha value is -0.790. The van der Waals surface area contributed by atoms with Crippen molar-refractivity contribution in [1.29, 1.82) is 0 Å². The van der Waals surface area contributed by atoms with Crippen molar-refractivity contribution in [1.82, 2.24) is 0 Å². The Labute approximate surface area is 226 Å². The molecule has 4 heteroatoms. The van der Waals surface area contributed by atoms with Gasteiger partial charge in [0, 0.05) is 0 Å². The first kappa shape index (κ1) is 35.8. The molecule has 3 aromatic rings. The van der Waals surface area contributed by atoms with Crippen molar-refractivity contribution >= 4 is 42.5 Å². The third kappa shape index (κ3) is 8.53. The van der Waals surface area contributed by atoms with Crippen LogP contribution in [0.1, 0.15) is 38.8 Å². The van der Waals surface area contributed by atoms with E-state index in [-0.39, 0.29) is 39.7 Å². The number of rotatable bonds is 1. The summed E-state index contributed by atoms with van der Waals surface area (Å²) in [4.78, 5) is 0. The molecule has 174 valence electrons. The number of hydrogen-bond acceptors (Lipinski definition) is 0. The molecule has 3 aromatic carbocycles. The minimum atomic E-state index is 0. The van der Waals surface area contributed by atoms with Crippen LogP contribution in [-0.2, 0) is 23.3 Å². The van der Waals surface area contributed by atoms with Crippen molar-refractivity contribution in [3.05, 3.63) is 103 Å². The normalized spacial score (nSPS) is 13.5. The third-order valence-corrected chi connectivity index (χ3v) is 5.54.